The van der Waals surface area contributed by atoms with E-state index in [0.717, 1.165) is 18.5 Å². The van der Waals surface area contributed by atoms with Crippen LogP contribution in [0, 0.1) is 11.3 Å². The van der Waals surface area contributed by atoms with Crippen LogP contribution in [0.25, 0.3) is 0 Å². The van der Waals surface area contributed by atoms with E-state index in [4.69, 9.17) is 0 Å². The molecule has 1 rings (SSSR count). The Labute approximate surface area is 108 Å². The van der Waals surface area contributed by atoms with Crippen molar-refractivity contribution in [3.63, 3.8) is 0 Å². The van der Waals surface area contributed by atoms with Crippen LogP contribution in [0.4, 0.5) is 0 Å². The van der Waals surface area contributed by atoms with Crippen LogP contribution in [0.15, 0.2) is 0 Å². The largest absolute Gasteiger partial charge is 0.314 e. The molecule has 0 aromatic rings. The minimum Gasteiger partial charge on any atom is -0.314 e. The van der Waals surface area contributed by atoms with Gasteiger partial charge < -0.3 is 10.2 Å². The van der Waals surface area contributed by atoms with E-state index in [2.05, 4.69) is 45.0 Å². The van der Waals surface area contributed by atoms with Crippen LogP contribution in [0.3, 0.4) is 0 Å². The second-order valence-electron chi connectivity index (χ2n) is 6.59. The summed E-state index contributed by atoms with van der Waals surface area (Å²) in [7, 11) is 2.27. The van der Waals surface area contributed by atoms with Gasteiger partial charge in [-0.3, -0.25) is 0 Å². The molecule has 2 atom stereocenters. The second kappa shape index (κ2) is 6.75. The van der Waals surface area contributed by atoms with E-state index < -0.39 is 0 Å². The van der Waals surface area contributed by atoms with Gasteiger partial charge in [-0.05, 0) is 57.2 Å². The summed E-state index contributed by atoms with van der Waals surface area (Å²) >= 11 is 0. The molecule has 1 saturated carbocycles. The van der Waals surface area contributed by atoms with Gasteiger partial charge in [-0.2, -0.15) is 0 Å². The van der Waals surface area contributed by atoms with Gasteiger partial charge in [0.15, 0.2) is 0 Å². The summed E-state index contributed by atoms with van der Waals surface area (Å²) < 4.78 is 0. The van der Waals surface area contributed by atoms with Gasteiger partial charge in [0.05, 0.1) is 0 Å². The lowest BCUT2D eigenvalue weighted by molar-refractivity contribution is 0.109. The topological polar surface area (TPSA) is 15.3 Å². The molecule has 0 aliphatic heterocycles. The van der Waals surface area contributed by atoms with Gasteiger partial charge in [0.25, 0.3) is 0 Å². The molecular formula is C15H32N2. The normalized spacial score (nSPS) is 28.6. The second-order valence-corrected chi connectivity index (χ2v) is 6.59. The van der Waals surface area contributed by atoms with Crippen LogP contribution in [0.1, 0.15) is 53.4 Å². The molecule has 2 nitrogen and oxygen atoms in total. The van der Waals surface area contributed by atoms with E-state index in [1.807, 2.05) is 0 Å². The SMILES string of the molecule is CCCN(C)CC1CC(C)(C)CCC1NCC. The maximum absolute atomic E-state index is 3.69. The molecule has 0 aromatic carbocycles. The lowest BCUT2D eigenvalue weighted by atomic mass is 9.69. The molecule has 17 heavy (non-hydrogen) atoms. The van der Waals surface area contributed by atoms with Gasteiger partial charge in [0.1, 0.15) is 0 Å². The van der Waals surface area contributed by atoms with E-state index in [1.165, 1.54) is 38.8 Å². The van der Waals surface area contributed by atoms with E-state index in [1.54, 1.807) is 0 Å². The molecule has 0 saturated heterocycles. The molecule has 0 bridgehead atoms. The standard InChI is InChI=1S/C15H32N2/c1-6-10-17(5)12-13-11-15(3,4)9-8-14(13)16-7-2/h13-14,16H,6-12H2,1-5H3. The number of nitrogens with zero attached hydrogens (tertiary/aromatic N) is 1. The number of hydrogen-bond acceptors (Lipinski definition) is 2. The average Bonchev–Trinajstić information content (AvgIpc) is 2.22. The van der Waals surface area contributed by atoms with Gasteiger partial charge in [-0.1, -0.05) is 27.7 Å². The van der Waals surface area contributed by atoms with E-state index in [9.17, 15) is 0 Å². The fourth-order valence-corrected chi connectivity index (χ4v) is 3.33. The number of nitrogens with one attached hydrogen (secondary N) is 1. The van der Waals surface area contributed by atoms with Crippen LogP contribution < -0.4 is 5.32 Å². The minimum atomic E-state index is 0.545. The zero-order chi connectivity index (χ0) is 12.9. The monoisotopic (exact) mass is 240 g/mol. The first kappa shape index (κ1) is 15.0. The molecule has 2 unspecified atom stereocenters. The maximum atomic E-state index is 3.69. The van der Waals surface area contributed by atoms with Gasteiger partial charge in [0, 0.05) is 12.6 Å². The number of hydrogen-bond donors (Lipinski definition) is 1. The molecule has 1 N–H and O–H groups in total. The summed E-state index contributed by atoms with van der Waals surface area (Å²) in [6.07, 6.45) is 5.36. The van der Waals surface area contributed by atoms with Crippen molar-refractivity contribution in [2.24, 2.45) is 11.3 Å². The molecule has 0 amide bonds. The lowest BCUT2D eigenvalue weighted by Gasteiger charge is -2.42. The molecule has 2 heteroatoms. The highest BCUT2D eigenvalue weighted by atomic mass is 15.1. The van der Waals surface area contributed by atoms with Gasteiger partial charge >= 0.3 is 0 Å². The summed E-state index contributed by atoms with van der Waals surface area (Å²) in [6.45, 7) is 13.0. The zero-order valence-electron chi connectivity index (χ0n) is 12.6. The highest BCUT2D eigenvalue weighted by molar-refractivity contribution is 4.89. The van der Waals surface area contributed by atoms with Gasteiger partial charge in [0.2, 0.25) is 0 Å². The average molecular weight is 240 g/mol. The first-order valence-electron chi connectivity index (χ1n) is 7.40. The van der Waals surface area contributed by atoms with Crippen molar-refractivity contribution in [1.29, 1.82) is 0 Å². The van der Waals surface area contributed by atoms with Crippen molar-refractivity contribution < 1.29 is 0 Å². The Morgan fingerprint density at radius 1 is 1.29 bits per heavy atom. The predicted molar refractivity (Wildman–Crippen MR) is 76.4 cm³/mol. The zero-order valence-corrected chi connectivity index (χ0v) is 12.6. The molecule has 0 spiro atoms. The molecule has 102 valence electrons. The molecule has 1 aliphatic rings. The summed E-state index contributed by atoms with van der Waals surface area (Å²) in [5.74, 6) is 0.829. The predicted octanol–water partition coefficient (Wildman–Crippen LogP) is 3.13. The van der Waals surface area contributed by atoms with Crippen LogP contribution in [0.5, 0.6) is 0 Å². The van der Waals surface area contributed by atoms with E-state index in [0.29, 0.717) is 5.41 Å². The molecule has 1 fully saturated rings. The Bertz CT molecular complexity index is 213. The number of rotatable bonds is 6. The van der Waals surface area contributed by atoms with Crippen molar-refractivity contribution in [3.8, 4) is 0 Å². The smallest absolute Gasteiger partial charge is 0.0108 e. The summed E-state index contributed by atoms with van der Waals surface area (Å²) in [4.78, 5) is 2.51. The molecular weight excluding hydrogens is 208 g/mol. The fraction of sp³-hybridized carbons (Fsp3) is 1.00. The van der Waals surface area contributed by atoms with Crippen molar-refractivity contribution in [2.45, 2.75) is 59.4 Å². The van der Waals surface area contributed by atoms with Crippen molar-refractivity contribution in [3.05, 3.63) is 0 Å². The van der Waals surface area contributed by atoms with E-state index >= 15 is 0 Å². The maximum Gasteiger partial charge on any atom is 0.0108 e. The van der Waals surface area contributed by atoms with Crippen molar-refractivity contribution >= 4 is 0 Å². The third-order valence-electron chi connectivity index (χ3n) is 4.13. The Morgan fingerprint density at radius 3 is 2.59 bits per heavy atom. The third kappa shape index (κ3) is 4.97. The van der Waals surface area contributed by atoms with Crippen LogP contribution in [0.2, 0.25) is 0 Å². The van der Waals surface area contributed by atoms with Gasteiger partial charge in [-0.25, -0.2) is 0 Å². The first-order chi connectivity index (χ1) is 7.98. The lowest BCUT2D eigenvalue weighted by Crippen LogP contribution is -2.47. The van der Waals surface area contributed by atoms with Crippen LogP contribution >= 0.6 is 0 Å². The molecule has 0 radical (unpaired) electrons. The molecule has 0 aromatic heterocycles. The highest BCUT2D eigenvalue weighted by Crippen LogP contribution is 2.38. The first-order valence-corrected chi connectivity index (χ1v) is 7.40. The minimum absolute atomic E-state index is 0.545. The highest BCUT2D eigenvalue weighted by Gasteiger charge is 2.34. The van der Waals surface area contributed by atoms with Gasteiger partial charge in [-0.15, -0.1) is 0 Å². The summed E-state index contributed by atoms with van der Waals surface area (Å²) in [6, 6.07) is 0.743. The Balaban J connectivity index is 2.54. The van der Waals surface area contributed by atoms with Crippen molar-refractivity contribution in [2.75, 3.05) is 26.7 Å². The summed E-state index contributed by atoms with van der Waals surface area (Å²) in [5.41, 5.74) is 0.545. The van der Waals surface area contributed by atoms with Crippen LogP contribution in [-0.4, -0.2) is 37.6 Å². The van der Waals surface area contributed by atoms with Crippen molar-refractivity contribution in [1.82, 2.24) is 10.2 Å². The summed E-state index contributed by atoms with van der Waals surface area (Å²) in [5, 5.41) is 3.69. The third-order valence-corrected chi connectivity index (χ3v) is 4.13. The molecule has 0 heterocycles. The van der Waals surface area contributed by atoms with Crippen LogP contribution in [-0.2, 0) is 0 Å². The Hall–Kier alpha value is -0.0800. The Kier molecular flexibility index (Phi) is 5.94. The fourth-order valence-electron chi connectivity index (χ4n) is 3.33. The Morgan fingerprint density at radius 2 is 2.00 bits per heavy atom. The van der Waals surface area contributed by atoms with E-state index in [-0.39, 0.29) is 0 Å². The quantitative estimate of drug-likeness (QED) is 0.767. The molecule has 1 aliphatic carbocycles.